The molecule has 0 amide bonds. The Labute approximate surface area is 155 Å². The third-order valence-electron chi connectivity index (χ3n) is 3.65. The molecule has 0 fully saturated rings. The van der Waals surface area contributed by atoms with Crippen molar-refractivity contribution in [3.63, 3.8) is 0 Å². The molecule has 0 saturated carbocycles. The van der Waals surface area contributed by atoms with Crippen LogP contribution in [0.3, 0.4) is 0 Å². The number of nitrogens with zero attached hydrogens (tertiary/aromatic N) is 3. The Balaban J connectivity index is 2.06. The van der Waals surface area contributed by atoms with Gasteiger partial charge in [0, 0.05) is 31.2 Å². The zero-order chi connectivity index (χ0) is 20.2. The lowest BCUT2D eigenvalue weighted by Crippen LogP contribution is -2.38. The van der Waals surface area contributed by atoms with Crippen molar-refractivity contribution in [1.29, 1.82) is 0 Å². The van der Waals surface area contributed by atoms with E-state index in [1.165, 1.54) is 0 Å². The number of phosphoric ester groups is 1. The topological polar surface area (TPSA) is 172 Å². The fourth-order valence-electron chi connectivity index (χ4n) is 2.35. The first-order valence-corrected chi connectivity index (χ1v) is 10.7. The van der Waals surface area contributed by atoms with Crippen LogP contribution in [0.1, 0.15) is 22.6 Å². The Hall–Kier alpha value is -1.71. The van der Waals surface area contributed by atoms with Gasteiger partial charge in [-0.15, -0.1) is 0 Å². The minimum Gasteiger partial charge on any atom is -0.756 e. The molecule has 11 nitrogen and oxygen atoms in total. The lowest BCUT2D eigenvalue weighted by Gasteiger charge is -2.22. The van der Waals surface area contributed by atoms with Gasteiger partial charge >= 0.3 is 7.82 Å². The number of aryl methyl sites for hydroxylation is 1. The summed E-state index contributed by atoms with van der Waals surface area (Å²) >= 11 is 0. The van der Waals surface area contributed by atoms with E-state index in [0.29, 0.717) is 18.2 Å². The van der Waals surface area contributed by atoms with Gasteiger partial charge in [0.25, 0.3) is 7.82 Å². The third-order valence-corrected chi connectivity index (χ3v) is 5.79. The summed E-state index contributed by atoms with van der Waals surface area (Å²) in [6.45, 7) is 3.67. The van der Waals surface area contributed by atoms with E-state index in [9.17, 15) is 14.0 Å². The van der Waals surface area contributed by atoms with E-state index in [1.54, 1.807) is 25.3 Å². The normalized spacial score (nSPS) is 14.1. The summed E-state index contributed by atoms with van der Waals surface area (Å²) in [6.07, 6.45) is 3.66. The number of nitrogen functional groups attached to an aromatic ring is 1. The van der Waals surface area contributed by atoms with Gasteiger partial charge in [-0.1, -0.05) is 0 Å². The van der Waals surface area contributed by atoms with E-state index in [0.717, 1.165) is 16.8 Å². The number of rotatable bonds is 8. The molecule has 1 atom stereocenters. The molecule has 148 valence electrons. The average molecular weight is 418 g/mol. The van der Waals surface area contributed by atoms with Crippen molar-refractivity contribution in [2.45, 2.75) is 26.8 Å². The second kappa shape index (κ2) is 8.53. The van der Waals surface area contributed by atoms with Crippen LogP contribution < -0.4 is 15.2 Å². The number of pyridine rings is 1. The van der Waals surface area contributed by atoms with E-state index in [-0.39, 0.29) is 13.0 Å². The predicted octanol–water partition coefficient (Wildman–Crippen LogP) is 0.148. The number of hydrogen-bond donors (Lipinski definition) is 3. The van der Waals surface area contributed by atoms with Crippen molar-refractivity contribution in [1.82, 2.24) is 9.97 Å². The van der Waals surface area contributed by atoms with Gasteiger partial charge in [-0.2, -0.15) is 4.57 Å². The lowest BCUT2D eigenvalue weighted by atomic mass is 10.1. The van der Waals surface area contributed by atoms with Crippen LogP contribution in [0.4, 0.5) is 5.82 Å². The highest BCUT2D eigenvalue weighted by Crippen LogP contribution is 2.54. The van der Waals surface area contributed by atoms with Crippen molar-refractivity contribution < 1.29 is 37.2 Å². The second-order valence-electron chi connectivity index (χ2n) is 5.68. The quantitative estimate of drug-likeness (QED) is 0.396. The number of nitrogens with two attached hydrogens (primary N) is 1. The summed E-state index contributed by atoms with van der Waals surface area (Å²) in [6, 6.07) is 3.56. The Morgan fingerprint density at radius 1 is 1.30 bits per heavy atom. The third kappa shape index (κ3) is 6.75. The molecule has 0 spiro atoms. The SMILES string of the molecule is Cc1ncc(C[n+]2cccc(CCOP(=O)([O-])OP(=O)(O)O)c2C)c(N)n1. The predicted molar refractivity (Wildman–Crippen MR) is 92.0 cm³/mol. The Kier molecular flexibility index (Phi) is 6.82. The fourth-order valence-corrected chi connectivity index (χ4v) is 3.90. The van der Waals surface area contributed by atoms with Crippen LogP contribution >= 0.6 is 15.6 Å². The van der Waals surface area contributed by atoms with E-state index < -0.39 is 15.6 Å². The molecule has 0 aliphatic carbocycles. The Morgan fingerprint density at radius 3 is 2.63 bits per heavy atom. The molecule has 0 aromatic carbocycles. The maximum atomic E-state index is 11.4. The van der Waals surface area contributed by atoms with Gasteiger partial charge in [0.2, 0.25) is 0 Å². The monoisotopic (exact) mass is 418 g/mol. The van der Waals surface area contributed by atoms with Crippen LogP contribution in [-0.4, -0.2) is 26.4 Å². The molecule has 0 aliphatic heterocycles. The van der Waals surface area contributed by atoms with E-state index >= 15 is 0 Å². The number of aromatic nitrogens is 3. The summed E-state index contributed by atoms with van der Waals surface area (Å²) in [5.41, 5.74) is 8.25. The van der Waals surface area contributed by atoms with Gasteiger partial charge in [-0.3, -0.25) is 4.57 Å². The van der Waals surface area contributed by atoms with Gasteiger partial charge in [0.15, 0.2) is 18.4 Å². The molecule has 0 bridgehead atoms. The molecule has 2 heterocycles. The van der Waals surface area contributed by atoms with Crippen molar-refractivity contribution >= 4 is 21.5 Å². The highest BCUT2D eigenvalue weighted by Gasteiger charge is 2.24. The molecule has 2 aromatic rings. The molecule has 4 N–H and O–H groups in total. The highest BCUT2D eigenvalue weighted by molar-refractivity contribution is 7.60. The fraction of sp³-hybridized carbons (Fsp3) is 0.357. The molecule has 0 saturated heterocycles. The van der Waals surface area contributed by atoms with Crippen molar-refractivity contribution in [3.8, 4) is 0 Å². The molecule has 27 heavy (non-hydrogen) atoms. The van der Waals surface area contributed by atoms with Gasteiger partial charge < -0.3 is 24.9 Å². The molecule has 1 unspecified atom stereocenters. The van der Waals surface area contributed by atoms with E-state index in [1.807, 2.05) is 17.7 Å². The van der Waals surface area contributed by atoms with Gasteiger partial charge in [0.1, 0.15) is 11.6 Å². The van der Waals surface area contributed by atoms with Gasteiger partial charge in [-0.05, 0) is 13.0 Å². The Morgan fingerprint density at radius 2 is 2.00 bits per heavy atom. The van der Waals surface area contributed by atoms with Crippen molar-refractivity contribution in [3.05, 3.63) is 47.2 Å². The molecular formula is C14H20N4O7P2. The highest BCUT2D eigenvalue weighted by atomic mass is 31.3. The Bertz CT molecular complexity index is 918. The van der Waals surface area contributed by atoms with Gasteiger partial charge in [-0.25, -0.2) is 18.8 Å². The minimum atomic E-state index is -5.19. The summed E-state index contributed by atoms with van der Waals surface area (Å²) in [5.74, 6) is 0.952. The molecular weight excluding hydrogens is 398 g/mol. The molecule has 0 aliphatic rings. The minimum absolute atomic E-state index is 0.184. The standard InChI is InChI=1S/C14H20N4O7P2/c1-10-12(5-7-24-27(22,23)25-26(19,20)21)4-3-6-18(10)9-13-8-16-11(2)17-14(13)15/h3-4,6,8H,5,7,9H2,1-2H3,(H4-,15,16,17,19,20,21,22,23). The lowest BCUT2D eigenvalue weighted by molar-refractivity contribution is -0.694. The molecule has 0 radical (unpaired) electrons. The van der Waals surface area contributed by atoms with Crippen LogP contribution in [0.25, 0.3) is 0 Å². The molecule has 13 heteroatoms. The van der Waals surface area contributed by atoms with Crippen molar-refractivity contribution in [2.24, 2.45) is 0 Å². The van der Waals surface area contributed by atoms with Crippen LogP contribution in [0.2, 0.25) is 0 Å². The maximum Gasteiger partial charge on any atom is 0.476 e. The molecule has 2 aromatic heterocycles. The average Bonchev–Trinajstić information content (AvgIpc) is 2.50. The zero-order valence-corrected chi connectivity index (χ0v) is 16.5. The van der Waals surface area contributed by atoms with Crippen LogP contribution in [0.5, 0.6) is 0 Å². The van der Waals surface area contributed by atoms with E-state index in [4.69, 9.17) is 15.5 Å². The number of anilines is 1. The smallest absolute Gasteiger partial charge is 0.476 e. The maximum absolute atomic E-state index is 11.4. The first kappa shape index (κ1) is 21.6. The van der Waals surface area contributed by atoms with Crippen LogP contribution in [0, 0.1) is 13.8 Å². The van der Waals surface area contributed by atoms with Crippen LogP contribution in [0.15, 0.2) is 24.5 Å². The largest absolute Gasteiger partial charge is 0.756 e. The zero-order valence-electron chi connectivity index (χ0n) is 14.7. The molecule has 2 rings (SSSR count). The first-order chi connectivity index (χ1) is 12.5. The summed E-state index contributed by atoms with van der Waals surface area (Å²) in [7, 11) is -10.3. The summed E-state index contributed by atoms with van der Waals surface area (Å²) in [4.78, 5) is 36.7. The van der Waals surface area contributed by atoms with Crippen LogP contribution in [-0.2, 0) is 30.9 Å². The van der Waals surface area contributed by atoms with E-state index in [2.05, 4.69) is 18.8 Å². The van der Waals surface area contributed by atoms with Gasteiger partial charge in [0.05, 0.1) is 12.2 Å². The summed E-state index contributed by atoms with van der Waals surface area (Å²) < 4.78 is 32.0. The number of hydrogen-bond acceptors (Lipinski definition) is 8. The number of phosphoric acid groups is 2. The van der Waals surface area contributed by atoms with Crippen molar-refractivity contribution in [2.75, 3.05) is 12.3 Å². The second-order valence-corrected chi connectivity index (χ2v) is 8.46. The summed E-state index contributed by atoms with van der Waals surface area (Å²) in [5, 5.41) is 0. The first-order valence-electron chi connectivity index (χ1n) is 7.75.